The second-order valence-corrected chi connectivity index (χ2v) is 5.91. The Morgan fingerprint density at radius 2 is 1.83 bits per heavy atom. The largest absolute Gasteiger partial charge is 0.490 e. The number of hydrogen-bond donors (Lipinski definition) is 2. The van der Waals surface area contributed by atoms with Crippen LogP contribution in [0, 0.1) is 13.8 Å². The highest BCUT2D eigenvalue weighted by Crippen LogP contribution is 2.24. The van der Waals surface area contributed by atoms with Crippen LogP contribution in [-0.2, 0) is 4.79 Å². The predicted molar refractivity (Wildman–Crippen MR) is 92.6 cm³/mol. The van der Waals surface area contributed by atoms with Gasteiger partial charge in [-0.15, -0.1) is 0 Å². The van der Waals surface area contributed by atoms with Crippen molar-refractivity contribution < 1.29 is 14.3 Å². The van der Waals surface area contributed by atoms with Crippen molar-refractivity contribution >= 4 is 17.4 Å². The van der Waals surface area contributed by atoms with Gasteiger partial charge in [0.05, 0.1) is 12.1 Å². The molecule has 1 atom stereocenters. The molecule has 1 unspecified atom stereocenters. The van der Waals surface area contributed by atoms with E-state index in [2.05, 4.69) is 10.6 Å². The summed E-state index contributed by atoms with van der Waals surface area (Å²) in [6.07, 6.45) is 0. The molecule has 1 heterocycles. The SMILES string of the molecule is Cc1cccc(C)c1NCC(=O)NC1COc2ccccc2C1=O. The van der Waals surface area contributed by atoms with Gasteiger partial charge in [-0.05, 0) is 37.1 Å². The van der Waals surface area contributed by atoms with E-state index in [-0.39, 0.29) is 24.8 Å². The van der Waals surface area contributed by atoms with Crippen LogP contribution in [-0.4, -0.2) is 30.9 Å². The molecule has 0 saturated heterocycles. The lowest BCUT2D eigenvalue weighted by atomic mass is 10.0. The number of ether oxygens (including phenoxy) is 1. The first-order chi connectivity index (χ1) is 11.6. The molecule has 0 spiro atoms. The number of aryl methyl sites for hydroxylation is 2. The Hall–Kier alpha value is -2.82. The number of Topliss-reactive ketones (excluding diaryl/α,β-unsaturated/α-hetero) is 1. The molecule has 24 heavy (non-hydrogen) atoms. The van der Waals surface area contributed by atoms with Crippen molar-refractivity contribution in [1.82, 2.24) is 5.32 Å². The Kier molecular flexibility index (Phi) is 4.51. The topological polar surface area (TPSA) is 67.4 Å². The summed E-state index contributed by atoms with van der Waals surface area (Å²) in [5, 5.41) is 5.88. The molecular weight excluding hydrogens is 304 g/mol. The number of amides is 1. The summed E-state index contributed by atoms with van der Waals surface area (Å²) in [6, 6.07) is 12.4. The maximum absolute atomic E-state index is 12.4. The zero-order chi connectivity index (χ0) is 17.1. The molecule has 124 valence electrons. The second kappa shape index (κ2) is 6.74. The molecule has 2 N–H and O–H groups in total. The summed E-state index contributed by atoms with van der Waals surface area (Å²) >= 11 is 0. The van der Waals surface area contributed by atoms with E-state index < -0.39 is 6.04 Å². The van der Waals surface area contributed by atoms with Crippen molar-refractivity contribution in [2.24, 2.45) is 0 Å². The molecule has 0 aromatic heterocycles. The summed E-state index contributed by atoms with van der Waals surface area (Å²) in [5.74, 6) is 0.220. The Balaban J connectivity index is 1.61. The van der Waals surface area contributed by atoms with Crippen LogP contribution in [0.25, 0.3) is 0 Å². The minimum absolute atomic E-state index is 0.108. The standard InChI is InChI=1S/C19H20N2O3/c1-12-6-5-7-13(2)18(12)20-10-17(22)21-15-11-24-16-9-4-3-8-14(16)19(15)23/h3-9,15,20H,10-11H2,1-2H3,(H,21,22). The van der Waals surface area contributed by atoms with Crippen LogP contribution in [0.2, 0.25) is 0 Å². The minimum atomic E-state index is -0.646. The fraction of sp³-hybridized carbons (Fsp3) is 0.263. The summed E-state index contributed by atoms with van der Waals surface area (Å²) in [6.45, 7) is 4.24. The molecule has 0 saturated carbocycles. The molecule has 0 radical (unpaired) electrons. The fourth-order valence-electron chi connectivity index (χ4n) is 2.85. The lowest BCUT2D eigenvalue weighted by Gasteiger charge is -2.25. The van der Waals surface area contributed by atoms with Gasteiger partial charge in [0.15, 0.2) is 5.78 Å². The van der Waals surface area contributed by atoms with Crippen molar-refractivity contribution in [2.75, 3.05) is 18.5 Å². The third-order valence-electron chi connectivity index (χ3n) is 4.12. The number of fused-ring (bicyclic) bond motifs is 1. The quantitative estimate of drug-likeness (QED) is 0.907. The molecule has 0 fully saturated rings. The number of benzene rings is 2. The first kappa shape index (κ1) is 16.1. The van der Waals surface area contributed by atoms with Gasteiger partial charge >= 0.3 is 0 Å². The second-order valence-electron chi connectivity index (χ2n) is 5.91. The van der Waals surface area contributed by atoms with Gasteiger partial charge in [-0.3, -0.25) is 9.59 Å². The molecule has 3 rings (SSSR count). The van der Waals surface area contributed by atoms with Crippen molar-refractivity contribution in [1.29, 1.82) is 0 Å². The first-order valence-electron chi connectivity index (χ1n) is 7.92. The number of carbonyl (C=O) groups excluding carboxylic acids is 2. The summed E-state index contributed by atoms with van der Waals surface area (Å²) in [5.41, 5.74) is 3.61. The van der Waals surface area contributed by atoms with Gasteiger partial charge in [0.1, 0.15) is 18.4 Å². The molecule has 2 aromatic rings. The average molecular weight is 324 g/mol. The maximum Gasteiger partial charge on any atom is 0.240 e. The molecule has 1 amide bonds. The Morgan fingerprint density at radius 1 is 1.12 bits per heavy atom. The molecule has 2 aromatic carbocycles. The monoisotopic (exact) mass is 324 g/mol. The zero-order valence-corrected chi connectivity index (χ0v) is 13.8. The van der Waals surface area contributed by atoms with Crippen molar-refractivity contribution in [2.45, 2.75) is 19.9 Å². The Bertz CT molecular complexity index is 766. The van der Waals surface area contributed by atoms with Gasteiger partial charge in [-0.1, -0.05) is 30.3 Å². The van der Waals surface area contributed by atoms with E-state index in [0.29, 0.717) is 11.3 Å². The lowest BCUT2D eigenvalue weighted by molar-refractivity contribution is -0.120. The predicted octanol–water partition coefficient (Wildman–Crippen LogP) is 2.48. The lowest BCUT2D eigenvalue weighted by Crippen LogP contribution is -2.48. The van der Waals surface area contributed by atoms with Gasteiger partial charge < -0.3 is 15.4 Å². The summed E-state index contributed by atoms with van der Waals surface area (Å²) in [4.78, 5) is 24.6. The fourth-order valence-corrected chi connectivity index (χ4v) is 2.85. The van der Waals surface area contributed by atoms with Crippen LogP contribution >= 0.6 is 0 Å². The Labute approximate surface area is 141 Å². The van der Waals surface area contributed by atoms with Crippen LogP contribution in [0.4, 0.5) is 5.69 Å². The smallest absolute Gasteiger partial charge is 0.240 e. The third-order valence-corrected chi connectivity index (χ3v) is 4.12. The van der Waals surface area contributed by atoms with Crippen molar-refractivity contribution in [3.63, 3.8) is 0 Å². The zero-order valence-electron chi connectivity index (χ0n) is 13.8. The third kappa shape index (κ3) is 3.25. The van der Waals surface area contributed by atoms with E-state index in [1.54, 1.807) is 18.2 Å². The summed E-state index contributed by atoms with van der Waals surface area (Å²) in [7, 11) is 0. The average Bonchev–Trinajstić information content (AvgIpc) is 2.57. The van der Waals surface area contributed by atoms with Gasteiger partial charge in [0.25, 0.3) is 0 Å². The molecule has 1 aliphatic rings. The molecule has 1 aliphatic heterocycles. The number of anilines is 1. The summed E-state index contributed by atoms with van der Waals surface area (Å²) < 4.78 is 5.55. The van der Waals surface area contributed by atoms with Gasteiger partial charge in [0.2, 0.25) is 5.91 Å². The van der Waals surface area contributed by atoms with Crippen LogP contribution in [0.1, 0.15) is 21.5 Å². The number of rotatable bonds is 4. The van der Waals surface area contributed by atoms with Gasteiger partial charge in [-0.2, -0.15) is 0 Å². The molecular formula is C19H20N2O3. The highest BCUT2D eigenvalue weighted by Gasteiger charge is 2.29. The van der Waals surface area contributed by atoms with E-state index in [1.165, 1.54) is 0 Å². The van der Waals surface area contributed by atoms with Crippen LogP contribution in [0.3, 0.4) is 0 Å². The molecule has 5 heteroatoms. The minimum Gasteiger partial charge on any atom is -0.490 e. The van der Waals surface area contributed by atoms with E-state index in [0.717, 1.165) is 16.8 Å². The molecule has 5 nitrogen and oxygen atoms in total. The molecule has 0 bridgehead atoms. The number of hydrogen-bond acceptors (Lipinski definition) is 4. The van der Waals surface area contributed by atoms with Crippen molar-refractivity contribution in [3.8, 4) is 5.75 Å². The van der Waals surface area contributed by atoms with E-state index in [4.69, 9.17) is 4.74 Å². The van der Waals surface area contributed by atoms with E-state index in [9.17, 15) is 9.59 Å². The Morgan fingerprint density at radius 3 is 2.58 bits per heavy atom. The van der Waals surface area contributed by atoms with Crippen molar-refractivity contribution in [3.05, 3.63) is 59.2 Å². The number of para-hydroxylation sites is 2. The highest BCUT2D eigenvalue weighted by atomic mass is 16.5. The normalized spacial score (nSPS) is 16.1. The van der Waals surface area contributed by atoms with Gasteiger partial charge in [0, 0.05) is 5.69 Å². The number of nitrogens with one attached hydrogen (secondary N) is 2. The first-order valence-corrected chi connectivity index (χ1v) is 7.92. The van der Waals surface area contributed by atoms with E-state index in [1.807, 2.05) is 38.1 Å². The molecule has 0 aliphatic carbocycles. The van der Waals surface area contributed by atoms with Gasteiger partial charge in [-0.25, -0.2) is 0 Å². The van der Waals surface area contributed by atoms with E-state index >= 15 is 0 Å². The maximum atomic E-state index is 12.4. The number of ketones is 1. The van der Waals surface area contributed by atoms with Crippen LogP contribution in [0.5, 0.6) is 5.75 Å². The number of carbonyl (C=O) groups is 2. The van der Waals surface area contributed by atoms with Crippen LogP contribution < -0.4 is 15.4 Å². The van der Waals surface area contributed by atoms with Crippen LogP contribution in [0.15, 0.2) is 42.5 Å². The highest BCUT2D eigenvalue weighted by molar-refractivity contribution is 6.05.